The molecule has 0 aliphatic carbocycles. The van der Waals surface area contributed by atoms with E-state index in [9.17, 15) is 5.11 Å². The molecule has 0 saturated carbocycles. The third kappa shape index (κ3) is 5.19. The molecule has 1 aliphatic rings. The molecule has 27 heavy (non-hydrogen) atoms. The second kappa shape index (κ2) is 9.50. The van der Waals surface area contributed by atoms with Crippen LogP contribution >= 0.6 is 11.3 Å². The minimum absolute atomic E-state index is 0.384. The van der Waals surface area contributed by atoms with Crippen LogP contribution in [0.1, 0.15) is 24.8 Å². The molecule has 148 valence electrons. The minimum atomic E-state index is -0.558. The number of benzene rings is 1. The summed E-state index contributed by atoms with van der Waals surface area (Å²) in [6.45, 7) is 8.18. The fraction of sp³-hybridized carbons (Fsp3) is 0.550. The Bertz CT molecular complexity index is 730. The van der Waals surface area contributed by atoms with Gasteiger partial charge in [0.2, 0.25) is 0 Å². The number of thiophene rings is 1. The van der Waals surface area contributed by atoms with E-state index in [4.69, 9.17) is 4.74 Å². The van der Waals surface area contributed by atoms with Crippen molar-refractivity contribution in [2.24, 2.45) is 4.99 Å². The Hall–Kier alpha value is -1.67. The van der Waals surface area contributed by atoms with Gasteiger partial charge in [-0.1, -0.05) is 18.2 Å². The Labute approximate surface area is 165 Å². The number of fused-ring (bicyclic) bond motifs is 1. The predicted octanol–water partition coefficient (Wildman–Crippen LogP) is 2.21. The monoisotopic (exact) mass is 390 g/mol. The summed E-state index contributed by atoms with van der Waals surface area (Å²) in [5.74, 6) is 0.711. The van der Waals surface area contributed by atoms with Crippen LogP contribution in [0.4, 0.5) is 0 Å². The molecule has 1 aromatic carbocycles. The second-order valence-corrected chi connectivity index (χ2v) is 8.16. The summed E-state index contributed by atoms with van der Waals surface area (Å²) in [6, 6.07) is 11.1. The van der Waals surface area contributed by atoms with Crippen LogP contribution in [0.25, 0.3) is 10.1 Å². The number of aliphatic imine (C=N–C) groups is 1. The number of guanidine groups is 1. The highest BCUT2D eigenvalue weighted by Crippen LogP contribution is 2.29. The van der Waals surface area contributed by atoms with Crippen LogP contribution in [0, 0.1) is 0 Å². The number of hydrogen-bond acceptors (Lipinski definition) is 5. The molecule has 3 atom stereocenters. The van der Waals surface area contributed by atoms with Gasteiger partial charge in [-0.3, -0.25) is 9.89 Å². The number of nitrogens with zero attached hydrogens (tertiary/aromatic N) is 2. The summed E-state index contributed by atoms with van der Waals surface area (Å²) in [5, 5.41) is 18.3. The van der Waals surface area contributed by atoms with Crippen molar-refractivity contribution in [1.29, 1.82) is 0 Å². The quantitative estimate of drug-likeness (QED) is 0.521. The van der Waals surface area contributed by atoms with Crippen molar-refractivity contribution in [3.63, 3.8) is 0 Å². The van der Waals surface area contributed by atoms with Crippen LogP contribution in [0.2, 0.25) is 0 Å². The van der Waals surface area contributed by atoms with Crippen LogP contribution in [0.15, 0.2) is 35.3 Å². The van der Waals surface area contributed by atoms with Gasteiger partial charge >= 0.3 is 0 Å². The summed E-state index contributed by atoms with van der Waals surface area (Å²) in [4.78, 5) is 7.70. The fourth-order valence-corrected chi connectivity index (χ4v) is 4.49. The van der Waals surface area contributed by atoms with Crippen LogP contribution in [0.5, 0.6) is 0 Å². The highest BCUT2D eigenvalue weighted by molar-refractivity contribution is 7.19. The van der Waals surface area contributed by atoms with Crippen molar-refractivity contribution >= 4 is 27.4 Å². The van der Waals surface area contributed by atoms with Gasteiger partial charge < -0.3 is 20.5 Å². The normalized spacial score (nSPS) is 21.2. The predicted molar refractivity (Wildman–Crippen MR) is 113 cm³/mol. The third-order valence-electron chi connectivity index (χ3n) is 5.01. The maximum absolute atomic E-state index is 10.5. The Morgan fingerprint density at radius 1 is 1.37 bits per heavy atom. The van der Waals surface area contributed by atoms with E-state index in [0.29, 0.717) is 24.6 Å². The standard InChI is InChI=1S/C20H30N4O2S/c1-14(24-8-9-26-13-15(24)2)11-22-20(21-3)23-12-17(25)19-10-16-6-4-5-7-18(16)27-19/h4-7,10,14-15,17,25H,8-9,11-13H2,1-3H3,(H2,21,22,23). The number of aliphatic hydroxyl groups is 1. The first-order chi connectivity index (χ1) is 13.1. The number of nitrogens with one attached hydrogen (secondary N) is 2. The van der Waals surface area contributed by atoms with Gasteiger partial charge in [-0.2, -0.15) is 0 Å². The topological polar surface area (TPSA) is 69.1 Å². The maximum Gasteiger partial charge on any atom is 0.191 e. The SMILES string of the molecule is CN=C(NCC(O)c1cc2ccccc2s1)NCC(C)N1CCOCC1C. The fourth-order valence-electron chi connectivity index (χ4n) is 3.44. The van der Waals surface area contributed by atoms with Crippen LogP contribution in [-0.4, -0.2) is 67.9 Å². The Kier molecular flexibility index (Phi) is 7.07. The molecule has 1 aliphatic heterocycles. The zero-order valence-corrected chi connectivity index (χ0v) is 17.1. The van der Waals surface area contributed by atoms with E-state index in [1.54, 1.807) is 18.4 Å². The molecule has 7 heteroatoms. The molecule has 3 rings (SSSR count). The molecular weight excluding hydrogens is 360 g/mol. The number of morpholine rings is 1. The van der Waals surface area contributed by atoms with Crippen molar-refractivity contribution in [2.75, 3.05) is 39.9 Å². The van der Waals surface area contributed by atoms with E-state index in [-0.39, 0.29) is 0 Å². The number of hydrogen-bond donors (Lipinski definition) is 3. The first kappa shape index (κ1) is 20.1. The molecule has 6 nitrogen and oxygen atoms in total. The van der Waals surface area contributed by atoms with Crippen LogP contribution in [0.3, 0.4) is 0 Å². The molecule has 1 fully saturated rings. The van der Waals surface area contributed by atoms with Gasteiger partial charge in [0, 0.05) is 48.3 Å². The summed E-state index contributed by atoms with van der Waals surface area (Å²) in [7, 11) is 1.75. The lowest BCUT2D eigenvalue weighted by Gasteiger charge is -2.38. The lowest BCUT2D eigenvalue weighted by Crippen LogP contribution is -2.53. The third-order valence-corrected chi connectivity index (χ3v) is 6.23. The molecule has 0 spiro atoms. The Morgan fingerprint density at radius 2 is 2.15 bits per heavy atom. The van der Waals surface area contributed by atoms with Gasteiger partial charge in [0.05, 0.1) is 13.2 Å². The lowest BCUT2D eigenvalue weighted by molar-refractivity contribution is -0.0174. The molecule has 2 aromatic rings. The van der Waals surface area contributed by atoms with Gasteiger partial charge in [-0.05, 0) is 31.4 Å². The highest BCUT2D eigenvalue weighted by Gasteiger charge is 2.23. The Morgan fingerprint density at radius 3 is 2.89 bits per heavy atom. The average molecular weight is 391 g/mol. The van der Waals surface area contributed by atoms with E-state index in [0.717, 1.165) is 31.2 Å². The van der Waals surface area contributed by atoms with Crippen molar-refractivity contribution in [2.45, 2.75) is 32.0 Å². The summed E-state index contributed by atoms with van der Waals surface area (Å²) in [6.07, 6.45) is -0.558. The molecule has 0 bridgehead atoms. The van der Waals surface area contributed by atoms with Gasteiger partial charge in [-0.15, -0.1) is 11.3 Å². The molecule has 1 aromatic heterocycles. The molecule has 0 radical (unpaired) electrons. The van der Waals surface area contributed by atoms with Crippen LogP contribution in [-0.2, 0) is 4.74 Å². The van der Waals surface area contributed by atoms with Gasteiger partial charge in [0.1, 0.15) is 6.10 Å². The first-order valence-electron chi connectivity index (χ1n) is 9.53. The number of ether oxygens (including phenoxy) is 1. The van der Waals surface area contributed by atoms with E-state index in [1.165, 1.54) is 10.1 Å². The summed E-state index contributed by atoms with van der Waals surface area (Å²) >= 11 is 1.63. The average Bonchev–Trinajstić information content (AvgIpc) is 3.12. The second-order valence-electron chi connectivity index (χ2n) is 7.05. The lowest BCUT2D eigenvalue weighted by atomic mass is 10.2. The van der Waals surface area contributed by atoms with Crippen molar-refractivity contribution in [3.8, 4) is 0 Å². The van der Waals surface area contributed by atoms with E-state index < -0.39 is 6.10 Å². The molecule has 3 unspecified atom stereocenters. The zero-order chi connectivity index (χ0) is 19.2. The van der Waals surface area contributed by atoms with Crippen molar-refractivity contribution < 1.29 is 9.84 Å². The number of rotatable bonds is 6. The molecule has 1 saturated heterocycles. The first-order valence-corrected chi connectivity index (χ1v) is 10.3. The van der Waals surface area contributed by atoms with Gasteiger partial charge in [-0.25, -0.2) is 0 Å². The molecule has 2 heterocycles. The minimum Gasteiger partial charge on any atom is -0.386 e. The van der Waals surface area contributed by atoms with Crippen LogP contribution < -0.4 is 10.6 Å². The highest BCUT2D eigenvalue weighted by atomic mass is 32.1. The molecule has 3 N–H and O–H groups in total. The number of aliphatic hydroxyl groups excluding tert-OH is 1. The Balaban J connectivity index is 1.48. The van der Waals surface area contributed by atoms with E-state index in [1.807, 2.05) is 12.1 Å². The van der Waals surface area contributed by atoms with E-state index in [2.05, 4.69) is 52.6 Å². The maximum atomic E-state index is 10.5. The summed E-state index contributed by atoms with van der Waals surface area (Å²) < 4.78 is 6.71. The molecular formula is C20H30N4O2S. The zero-order valence-electron chi connectivity index (χ0n) is 16.3. The van der Waals surface area contributed by atoms with E-state index >= 15 is 0 Å². The van der Waals surface area contributed by atoms with Crippen molar-refractivity contribution in [3.05, 3.63) is 35.2 Å². The van der Waals surface area contributed by atoms with Crippen molar-refractivity contribution in [1.82, 2.24) is 15.5 Å². The van der Waals surface area contributed by atoms with Gasteiger partial charge in [0.15, 0.2) is 5.96 Å². The van der Waals surface area contributed by atoms with Gasteiger partial charge in [0.25, 0.3) is 0 Å². The smallest absolute Gasteiger partial charge is 0.191 e. The molecule has 0 amide bonds. The largest absolute Gasteiger partial charge is 0.386 e. The summed E-state index contributed by atoms with van der Waals surface area (Å²) in [5.41, 5.74) is 0.